The minimum Gasteiger partial charge on any atom is -0.364 e. The first kappa shape index (κ1) is 23.5. The van der Waals surface area contributed by atoms with E-state index in [1.54, 1.807) is 11.3 Å². The van der Waals surface area contributed by atoms with E-state index in [2.05, 4.69) is 73.6 Å². The molecule has 3 unspecified atom stereocenters. The van der Waals surface area contributed by atoms with E-state index in [1.165, 1.54) is 67.5 Å². The van der Waals surface area contributed by atoms with Crippen molar-refractivity contribution in [3.8, 4) is 10.6 Å². The second kappa shape index (κ2) is 11.0. The van der Waals surface area contributed by atoms with Gasteiger partial charge in [-0.1, -0.05) is 69.9 Å². The van der Waals surface area contributed by atoms with Gasteiger partial charge in [0.05, 0.1) is 11.4 Å². The monoisotopic (exact) mass is 451 g/mol. The summed E-state index contributed by atoms with van der Waals surface area (Å²) in [4.78, 5) is 7.96. The van der Waals surface area contributed by atoms with Crippen LogP contribution in [-0.2, 0) is 6.42 Å². The number of rotatable bonds is 9. The molecule has 174 valence electrons. The molecule has 1 aliphatic carbocycles. The third-order valence-corrected chi connectivity index (χ3v) is 8.44. The van der Waals surface area contributed by atoms with Crippen LogP contribution in [0.1, 0.15) is 83.9 Å². The fourth-order valence-corrected chi connectivity index (χ4v) is 6.55. The summed E-state index contributed by atoms with van der Waals surface area (Å²) in [6.45, 7) is 10.4. The Morgan fingerprint density at radius 2 is 1.94 bits per heavy atom. The zero-order valence-electron chi connectivity index (χ0n) is 20.4. The van der Waals surface area contributed by atoms with Crippen LogP contribution >= 0.6 is 11.3 Å². The van der Waals surface area contributed by atoms with Gasteiger partial charge in [-0.3, -0.25) is 0 Å². The Labute approximate surface area is 199 Å². The molecule has 0 bridgehead atoms. The van der Waals surface area contributed by atoms with Crippen LogP contribution in [0.4, 0.5) is 0 Å². The zero-order chi connectivity index (χ0) is 22.5. The van der Waals surface area contributed by atoms with Gasteiger partial charge in [0, 0.05) is 35.0 Å². The van der Waals surface area contributed by atoms with Gasteiger partial charge in [0.25, 0.3) is 0 Å². The standard InChI is InChI=1S/C28H41N3S/c1-5-7-17-29-20(3)25-18-27(31(21(25)4)23-14-9-8-10-15-23)26-19-32-28(30-26)24-16-12-11-13-22(24)6-2/h11-13,16,18-21,23,25,29H,5-10,14-15,17H2,1-4H3. The summed E-state index contributed by atoms with van der Waals surface area (Å²) in [6, 6.07) is 10.4. The maximum atomic E-state index is 5.21. The van der Waals surface area contributed by atoms with Gasteiger partial charge in [-0.2, -0.15) is 0 Å². The molecule has 2 aromatic rings. The van der Waals surface area contributed by atoms with E-state index < -0.39 is 0 Å². The lowest BCUT2D eigenvalue weighted by atomic mass is 9.91. The lowest BCUT2D eigenvalue weighted by Gasteiger charge is -2.40. The number of unbranched alkanes of at least 4 members (excludes halogenated alkanes) is 1. The predicted octanol–water partition coefficient (Wildman–Crippen LogP) is 7.14. The maximum Gasteiger partial charge on any atom is 0.124 e. The van der Waals surface area contributed by atoms with Crippen LogP contribution in [0.3, 0.4) is 0 Å². The molecule has 4 rings (SSSR count). The Morgan fingerprint density at radius 3 is 2.69 bits per heavy atom. The highest BCUT2D eigenvalue weighted by Gasteiger charge is 2.39. The Bertz CT molecular complexity index is 896. The highest BCUT2D eigenvalue weighted by atomic mass is 32.1. The maximum absolute atomic E-state index is 5.21. The van der Waals surface area contributed by atoms with Crippen LogP contribution in [0.2, 0.25) is 0 Å². The molecule has 0 amide bonds. The van der Waals surface area contributed by atoms with Crippen molar-refractivity contribution in [3.05, 3.63) is 47.0 Å². The average Bonchev–Trinajstić information content (AvgIpc) is 3.44. The van der Waals surface area contributed by atoms with Crippen LogP contribution in [0.15, 0.2) is 35.7 Å². The first-order valence-electron chi connectivity index (χ1n) is 12.9. The summed E-state index contributed by atoms with van der Waals surface area (Å²) >= 11 is 1.80. The van der Waals surface area contributed by atoms with Crippen LogP contribution in [0.25, 0.3) is 16.3 Å². The number of nitrogens with zero attached hydrogens (tertiary/aromatic N) is 2. The summed E-state index contributed by atoms with van der Waals surface area (Å²) in [6.07, 6.45) is 12.9. The molecule has 4 heteroatoms. The van der Waals surface area contributed by atoms with Gasteiger partial charge in [-0.05, 0) is 51.6 Å². The van der Waals surface area contributed by atoms with E-state index >= 15 is 0 Å². The lowest BCUT2D eigenvalue weighted by Crippen LogP contribution is -2.45. The first-order valence-corrected chi connectivity index (χ1v) is 13.8. The van der Waals surface area contributed by atoms with Crippen molar-refractivity contribution in [3.63, 3.8) is 0 Å². The third kappa shape index (κ3) is 4.97. The SMILES string of the molecule is CCCCNC(C)C1C=C(c2csc(-c3ccccc3CC)n2)N(C2CCCCC2)C1C. The number of hydrogen-bond acceptors (Lipinski definition) is 4. The van der Waals surface area contributed by atoms with E-state index in [4.69, 9.17) is 4.98 Å². The summed E-state index contributed by atoms with van der Waals surface area (Å²) in [5.74, 6) is 0.525. The van der Waals surface area contributed by atoms with E-state index in [0.29, 0.717) is 24.0 Å². The fourth-order valence-electron chi connectivity index (χ4n) is 5.68. The van der Waals surface area contributed by atoms with E-state index in [-0.39, 0.29) is 0 Å². The van der Waals surface area contributed by atoms with Crippen molar-refractivity contribution < 1.29 is 0 Å². The highest BCUT2D eigenvalue weighted by molar-refractivity contribution is 7.13. The van der Waals surface area contributed by atoms with Gasteiger partial charge in [0.2, 0.25) is 0 Å². The number of hydrogen-bond donors (Lipinski definition) is 1. The second-order valence-electron chi connectivity index (χ2n) is 9.71. The van der Waals surface area contributed by atoms with Gasteiger partial charge in [0.15, 0.2) is 0 Å². The van der Waals surface area contributed by atoms with Gasteiger partial charge in [-0.15, -0.1) is 11.3 Å². The Morgan fingerprint density at radius 1 is 1.16 bits per heavy atom. The Hall–Kier alpha value is -1.65. The average molecular weight is 452 g/mol. The third-order valence-electron chi connectivity index (χ3n) is 7.56. The summed E-state index contributed by atoms with van der Waals surface area (Å²) < 4.78 is 0. The molecule has 3 nitrogen and oxygen atoms in total. The minimum absolute atomic E-state index is 0.485. The molecule has 0 radical (unpaired) electrons. The quantitative estimate of drug-likeness (QED) is 0.410. The molecule has 1 N–H and O–H groups in total. The smallest absolute Gasteiger partial charge is 0.124 e. The predicted molar refractivity (Wildman–Crippen MR) is 139 cm³/mol. The number of aromatic nitrogens is 1. The second-order valence-corrected chi connectivity index (χ2v) is 10.6. The van der Waals surface area contributed by atoms with Crippen LogP contribution < -0.4 is 5.32 Å². The largest absolute Gasteiger partial charge is 0.364 e. The molecular weight excluding hydrogens is 410 g/mol. The van der Waals surface area contributed by atoms with Gasteiger partial charge < -0.3 is 10.2 Å². The van der Waals surface area contributed by atoms with Crippen LogP contribution in [-0.4, -0.2) is 34.6 Å². The molecule has 1 fully saturated rings. The molecule has 2 heterocycles. The van der Waals surface area contributed by atoms with E-state index in [9.17, 15) is 0 Å². The van der Waals surface area contributed by atoms with Gasteiger partial charge in [0.1, 0.15) is 5.01 Å². The molecule has 0 spiro atoms. The molecule has 3 atom stereocenters. The number of benzene rings is 1. The summed E-state index contributed by atoms with van der Waals surface area (Å²) in [5, 5.41) is 7.27. The molecular formula is C28H41N3S. The number of aryl methyl sites for hydroxylation is 1. The van der Waals surface area contributed by atoms with Crippen molar-refractivity contribution in [1.29, 1.82) is 0 Å². The molecule has 1 aromatic carbocycles. The molecule has 1 aromatic heterocycles. The molecule has 1 saturated carbocycles. The first-order chi connectivity index (χ1) is 15.6. The molecule has 32 heavy (non-hydrogen) atoms. The summed E-state index contributed by atoms with van der Waals surface area (Å²) in [7, 11) is 0. The fraction of sp³-hybridized carbons (Fsp3) is 0.607. The van der Waals surface area contributed by atoms with Crippen molar-refractivity contribution in [1.82, 2.24) is 15.2 Å². The molecule has 2 aliphatic rings. The van der Waals surface area contributed by atoms with Crippen molar-refractivity contribution >= 4 is 17.0 Å². The molecule has 0 saturated heterocycles. The molecule has 1 aliphatic heterocycles. The zero-order valence-corrected chi connectivity index (χ0v) is 21.3. The van der Waals surface area contributed by atoms with E-state index in [1.807, 2.05) is 0 Å². The summed E-state index contributed by atoms with van der Waals surface area (Å²) in [5.41, 5.74) is 5.25. The van der Waals surface area contributed by atoms with Gasteiger partial charge in [-0.25, -0.2) is 4.98 Å². The van der Waals surface area contributed by atoms with Crippen molar-refractivity contribution in [2.24, 2.45) is 5.92 Å². The Kier molecular flexibility index (Phi) is 8.07. The number of nitrogens with one attached hydrogen (secondary N) is 1. The van der Waals surface area contributed by atoms with Crippen LogP contribution in [0, 0.1) is 5.92 Å². The van der Waals surface area contributed by atoms with Crippen molar-refractivity contribution in [2.75, 3.05) is 6.54 Å². The lowest BCUT2D eigenvalue weighted by molar-refractivity contribution is 0.164. The Balaban J connectivity index is 1.63. The van der Waals surface area contributed by atoms with Crippen molar-refractivity contribution in [2.45, 2.75) is 97.2 Å². The topological polar surface area (TPSA) is 28.2 Å². The number of thiazole rings is 1. The van der Waals surface area contributed by atoms with E-state index in [0.717, 1.165) is 18.0 Å². The normalized spacial score (nSPS) is 22.9. The highest BCUT2D eigenvalue weighted by Crippen LogP contribution is 2.41. The van der Waals surface area contributed by atoms with Gasteiger partial charge >= 0.3 is 0 Å². The van der Waals surface area contributed by atoms with Crippen LogP contribution in [0.5, 0.6) is 0 Å². The minimum atomic E-state index is 0.485.